The average Bonchev–Trinajstić information content (AvgIpc) is 2.60. The van der Waals surface area contributed by atoms with E-state index in [2.05, 4.69) is 6.58 Å². The zero-order valence-electron chi connectivity index (χ0n) is 13.5. The molecule has 122 valence electrons. The van der Waals surface area contributed by atoms with E-state index in [1.54, 1.807) is 18.2 Å². The van der Waals surface area contributed by atoms with Crippen molar-refractivity contribution in [1.29, 1.82) is 0 Å². The maximum Gasteiger partial charge on any atom is 0.264 e. The topological polar surface area (TPSA) is 37.4 Å². The number of sulfonamides is 1. The predicted octanol–water partition coefficient (Wildman–Crippen LogP) is 4.53. The monoisotopic (exact) mass is 337 g/mol. The van der Waals surface area contributed by atoms with Gasteiger partial charge in [-0.1, -0.05) is 54.1 Å². The van der Waals surface area contributed by atoms with Gasteiger partial charge >= 0.3 is 0 Å². The molecule has 0 heterocycles. The smallest absolute Gasteiger partial charge is 0.263 e. The first-order chi connectivity index (χ1) is 11.5. The van der Waals surface area contributed by atoms with Gasteiger partial charge in [-0.3, -0.25) is 4.31 Å². The molecule has 0 amide bonds. The quantitative estimate of drug-likeness (QED) is 0.642. The molecular formula is C20H19NO2S. The zero-order chi connectivity index (χ0) is 17.2. The molecule has 0 aliphatic heterocycles. The lowest BCUT2D eigenvalue weighted by atomic mass is 10.1. The van der Waals surface area contributed by atoms with Crippen molar-refractivity contribution in [2.24, 2.45) is 0 Å². The summed E-state index contributed by atoms with van der Waals surface area (Å²) in [5.74, 6) is 0. The Morgan fingerprint density at radius 1 is 0.958 bits per heavy atom. The first kappa shape index (κ1) is 16.3. The van der Waals surface area contributed by atoms with Gasteiger partial charge in [0, 0.05) is 0 Å². The maximum absolute atomic E-state index is 13.1. The van der Waals surface area contributed by atoms with Crippen LogP contribution >= 0.6 is 0 Å². The minimum Gasteiger partial charge on any atom is -0.263 e. The summed E-state index contributed by atoms with van der Waals surface area (Å²) in [5.41, 5.74) is 1.72. The highest BCUT2D eigenvalue weighted by molar-refractivity contribution is 7.92. The SMILES string of the molecule is C=CCN(c1ccc(C)cc1)S(=O)(=O)c1ccc2ccccc2c1. The Balaban J connectivity index is 2.10. The van der Waals surface area contributed by atoms with Gasteiger partial charge in [0.15, 0.2) is 0 Å². The van der Waals surface area contributed by atoms with Crippen LogP contribution in [-0.2, 0) is 10.0 Å². The molecule has 3 aromatic rings. The Morgan fingerprint density at radius 3 is 2.29 bits per heavy atom. The van der Waals surface area contributed by atoms with E-state index in [0.717, 1.165) is 16.3 Å². The van der Waals surface area contributed by atoms with Crippen LogP contribution in [0.1, 0.15) is 5.56 Å². The molecule has 0 saturated carbocycles. The first-order valence-electron chi connectivity index (χ1n) is 7.71. The number of rotatable bonds is 5. The van der Waals surface area contributed by atoms with Gasteiger partial charge in [-0.15, -0.1) is 6.58 Å². The van der Waals surface area contributed by atoms with Crippen molar-refractivity contribution in [3.8, 4) is 0 Å². The van der Waals surface area contributed by atoms with E-state index in [1.165, 1.54) is 4.31 Å². The third kappa shape index (κ3) is 3.05. The van der Waals surface area contributed by atoms with Crippen molar-refractivity contribution >= 4 is 26.5 Å². The van der Waals surface area contributed by atoms with Gasteiger partial charge in [-0.25, -0.2) is 8.42 Å². The van der Waals surface area contributed by atoms with Crippen LogP contribution in [0.4, 0.5) is 5.69 Å². The molecule has 0 saturated heterocycles. The summed E-state index contributed by atoms with van der Waals surface area (Å²) >= 11 is 0. The molecule has 0 unspecified atom stereocenters. The third-order valence-electron chi connectivity index (χ3n) is 3.93. The summed E-state index contributed by atoms with van der Waals surface area (Å²) in [6.45, 7) is 5.89. The lowest BCUT2D eigenvalue weighted by molar-refractivity contribution is 0.593. The van der Waals surface area contributed by atoms with Gasteiger partial charge in [0.1, 0.15) is 0 Å². The lowest BCUT2D eigenvalue weighted by Crippen LogP contribution is -2.31. The van der Waals surface area contributed by atoms with Crippen LogP contribution in [0.5, 0.6) is 0 Å². The fourth-order valence-electron chi connectivity index (χ4n) is 2.63. The molecule has 0 atom stereocenters. The van der Waals surface area contributed by atoms with E-state index < -0.39 is 10.0 Å². The summed E-state index contributed by atoms with van der Waals surface area (Å²) in [6, 6.07) is 20.4. The third-order valence-corrected chi connectivity index (χ3v) is 5.72. The van der Waals surface area contributed by atoms with Crippen molar-refractivity contribution in [3.63, 3.8) is 0 Å². The van der Waals surface area contributed by atoms with Gasteiger partial charge in [0.2, 0.25) is 0 Å². The molecule has 0 bridgehead atoms. The molecule has 0 aliphatic rings. The van der Waals surface area contributed by atoms with E-state index in [4.69, 9.17) is 0 Å². The molecule has 0 radical (unpaired) electrons. The van der Waals surface area contributed by atoms with Crippen molar-refractivity contribution < 1.29 is 8.42 Å². The van der Waals surface area contributed by atoms with Gasteiger partial charge in [-0.2, -0.15) is 0 Å². The van der Waals surface area contributed by atoms with E-state index in [-0.39, 0.29) is 11.4 Å². The fraction of sp³-hybridized carbons (Fsp3) is 0.100. The summed E-state index contributed by atoms with van der Waals surface area (Å²) in [7, 11) is -3.66. The normalized spacial score (nSPS) is 11.4. The molecule has 0 aliphatic carbocycles. The summed E-state index contributed by atoms with van der Waals surface area (Å²) in [4.78, 5) is 0.281. The number of nitrogens with zero attached hydrogens (tertiary/aromatic N) is 1. The summed E-state index contributed by atoms with van der Waals surface area (Å²) in [6.07, 6.45) is 1.60. The molecule has 3 rings (SSSR count). The first-order valence-corrected chi connectivity index (χ1v) is 9.15. The van der Waals surface area contributed by atoms with Crippen LogP contribution in [0.15, 0.2) is 84.3 Å². The van der Waals surface area contributed by atoms with Crippen LogP contribution in [0.25, 0.3) is 10.8 Å². The summed E-state index contributed by atoms with van der Waals surface area (Å²) in [5, 5.41) is 1.92. The lowest BCUT2D eigenvalue weighted by Gasteiger charge is -2.23. The second kappa shape index (κ2) is 6.49. The van der Waals surface area contributed by atoms with Crippen LogP contribution in [-0.4, -0.2) is 15.0 Å². The standard InChI is InChI=1S/C20H19NO2S/c1-3-14-21(19-11-8-16(2)9-12-19)24(22,23)20-13-10-17-6-4-5-7-18(17)15-20/h3-13,15H,1,14H2,2H3. The van der Waals surface area contributed by atoms with Gasteiger partial charge in [-0.05, 0) is 42.0 Å². The summed E-state index contributed by atoms with van der Waals surface area (Å²) < 4.78 is 27.6. The Bertz CT molecular complexity index is 976. The van der Waals surface area contributed by atoms with Gasteiger partial charge in [0.05, 0.1) is 17.1 Å². The van der Waals surface area contributed by atoms with Gasteiger partial charge < -0.3 is 0 Å². The Labute approximate surface area is 142 Å². The largest absolute Gasteiger partial charge is 0.264 e. The molecule has 24 heavy (non-hydrogen) atoms. The average molecular weight is 337 g/mol. The highest BCUT2D eigenvalue weighted by Gasteiger charge is 2.24. The fourth-order valence-corrected chi connectivity index (χ4v) is 4.10. The van der Waals surface area contributed by atoms with E-state index in [9.17, 15) is 8.42 Å². The maximum atomic E-state index is 13.1. The second-order valence-corrected chi connectivity index (χ2v) is 7.53. The van der Waals surface area contributed by atoms with Crippen molar-refractivity contribution in [1.82, 2.24) is 0 Å². The van der Waals surface area contributed by atoms with Gasteiger partial charge in [0.25, 0.3) is 10.0 Å². The Hall–Kier alpha value is -2.59. The minimum atomic E-state index is -3.66. The van der Waals surface area contributed by atoms with Crippen molar-refractivity contribution in [2.45, 2.75) is 11.8 Å². The van der Waals surface area contributed by atoms with Crippen LogP contribution in [0.3, 0.4) is 0 Å². The Kier molecular flexibility index (Phi) is 4.40. The van der Waals surface area contributed by atoms with E-state index >= 15 is 0 Å². The number of aryl methyl sites for hydroxylation is 1. The molecule has 3 nitrogen and oxygen atoms in total. The molecule has 0 aromatic heterocycles. The molecule has 0 N–H and O–H groups in total. The minimum absolute atomic E-state index is 0.220. The van der Waals surface area contributed by atoms with Crippen LogP contribution in [0, 0.1) is 6.92 Å². The van der Waals surface area contributed by atoms with E-state index in [0.29, 0.717) is 5.69 Å². The highest BCUT2D eigenvalue weighted by atomic mass is 32.2. The molecule has 3 aromatic carbocycles. The molecule has 0 spiro atoms. The number of benzene rings is 3. The zero-order valence-corrected chi connectivity index (χ0v) is 14.3. The van der Waals surface area contributed by atoms with E-state index in [1.807, 2.05) is 61.5 Å². The molecular weight excluding hydrogens is 318 g/mol. The van der Waals surface area contributed by atoms with Crippen LogP contribution < -0.4 is 4.31 Å². The van der Waals surface area contributed by atoms with Crippen molar-refractivity contribution in [3.05, 3.63) is 84.9 Å². The number of hydrogen-bond acceptors (Lipinski definition) is 2. The van der Waals surface area contributed by atoms with Crippen molar-refractivity contribution in [2.75, 3.05) is 10.8 Å². The number of fused-ring (bicyclic) bond motifs is 1. The number of hydrogen-bond donors (Lipinski definition) is 0. The highest BCUT2D eigenvalue weighted by Crippen LogP contribution is 2.26. The molecule has 4 heteroatoms. The predicted molar refractivity (Wildman–Crippen MR) is 99.9 cm³/mol. The Morgan fingerprint density at radius 2 is 1.62 bits per heavy atom. The van der Waals surface area contributed by atoms with Crippen LogP contribution in [0.2, 0.25) is 0 Å². The molecule has 0 fully saturated rings. The second-order valence-electron chi connectivity index (χ2n) is 5.67. The number of anilines is 1.